The van der Waals surface area contributed by atoms with Crippen molar-refractivity contribution < 1.29 is 23.7 Å². The van der Waals surface area contributed by atoms with Crippen LogP contribution in [0.15, 0.2) is 82.8 Å². The van der Waals surface area contributed by atoms with Gasteiger partial charge in [-0.25, -0.2) is 4.79 Å². The molecule has 2 heterocycles. The van der Waals surface area contributed by atoms with Gasteiger partial charge in [0.1, 0.15) is 10.7 Å². The first-order chi connectivity index (χ1) is 17.6. The number of hydrogen-bond acceptors (Lipinski definition) is 6. The highest BCUT2D eigenvalue weighted by Gasteiger charge is 2.40. The molecule has 8 heteroatoms. The third kappa shape index (κ3) is 4.72. The Hall–Kier alpha value is -4.04. The van der Waals surface area contributed by atoms with Gasteiger partial charge >= 0.3 is 11.1 Å². The van der Waals surface area contributed by atoms with Gasteiger partial charge in [-0.1, -0.05) is 53.6 Å². The first-order valence-electron chi connectivity index (χ1n) is 11.5. The number of nitrogens with zero attached hydrogens (tertiary/aromatic N) is 2. The summed E-state index contributed by atoms with van der Waals surface area (Å²) in [7, 11) is 4.86. The molecular weight excluding hydrogens is 474 g/mol. The maximum Gasteiger partial charge on any atom is 0.372 e. The van der Waals surface area contributed by atoms with E-state index in [-0.39, 0.29) is 11.3 Å². The molecule has 2 aliphatic heterocycles. The summed E-state index contributed by atoms with van der Waals surface area (Å²) in [6.07, 6.45) is 2.66. The number of methoxy groups -OCH3 is 3. The van der Waals surface area contributed by atoms with Gasteiger partial charge in [-0.2, -0.15) is 5.32 Å². The van der Waals surface area contributed by atoms with Crippen molar-refractivity contribution in [2.45, 2.75) is 12.5 Å². The zero-order chi connectivity index (χ0) is 25.1. The fourth-order valence-electron chi connectivity index (χ4n) is 4.30. The number of amidine groups is 1. The van der Waals surface area contributed by atoms with Crippen LogP contribution >= 0.6 is 11.8 Å². The van der Waals surface area contributed by atoms with Crippen molar-refractivity contribution >= 4 is 34.6 Å². The topological polar surface area (TPSA) is 72.2 Å². The van der Waals surface area contributed by atoms with Gasteiger partial charge in [0.2, 0.25) is 0 Å². The second-order valence-electron chi connectivity index (χ2n) is 8.24. The van der Waals surface area contributed by atoms with Crippen LogP contribution in [0.25, 0.3) is 6.08 Å². The number of nitrogens with one attached hydrogen (secondary N) is 1. The van der Waals surface area contributed by atoms with Gasteiger partial charge in [-0.15, -0.1) is 4.68 Å². The van der Waals surface area contributed by atoms with Crippen molar-refractivity contribution in [3.63, 3.8) is 0 Å². The Bertz CT molecular complexity index is 1380. The third-order valence-corrected chi connectivity index (χ3v) is 6.93. The van der Waals surface area contributed by atoms with Crippen LogP contribution in [-0.4, -0.2) is 42.8 Å². The molecule has 1 atom stereocenters. The molecular formula is C28H26N3O4S+. The first kappa shape index (κ1) is 23.7. The van der Waals surface area contributed by atoms with Gasteiger partial charge < -0.3 is 14.2 Å². The van der Waals surface area contributed by atoms with Crippen LogP contribution in [0, 0.1) is 0 Å². The van der Waals surface area contributed by atoms with E-state index in [4.69, 9.17) is 19.3 Å². The fraction of sp³-hybridized carbons (Fsp3) is 0.179. The molecule has 0 aliphatic carbocycles. The van der Waals surface area contributed by atoms with E-state index >= 15 is 0 Å². The van der Waals surface area contributed by atoms with Crippen LogP contribution in [-0.2, 0) is 0 Å². The van der Waals surface area contributed by atoms with E-state index in [2.05, 4.69) is 17.4 Å². The molecule has 0 saturated carbocycles. The summed E-state index contributed by atoms with van der Waals surface area (Å²) in [5, 5.41) is 7.87. The number of carbonyl (C=O) groups is 1. The van der Waals surface area contributed by atoms with Crippen molar-refractivity contribution in [2.24, 2.45) is 5.10 Å². The van der Waals surface area contributed by atoms with Gasteiger partial charge in [0.15, 0.2) is 17.5 Å². The average Bonchev–Trinajstić information content (AvgIpc) is 3.52. The van der Waals surface area contributed by atoms with E-state index in [0.717, 1.165) is 44.8 Å². The molecule has 1 amide bonds. The number of ether oxygens (including phenoxy) is 3. The van der Waals surface area contributed by atoms with Crippen LogP contribution in [0.5, 0.6) is 17.2 Å². The van der Waals surface area contributed by atoms with Crippen LogP contribution in [0.4, 0.5) is 4.79 Å². The lowest BCUT2D eigenvalue weighted by Gasteiger charge is -2.11. The largest absolute Gasteiger partial charge is 0.497 e. The van der Waals surface area contributed by atoms with Crippen LogP contribution < -0.4 is 19.5 Å². The van der Waals surface area contributed by atoms with Crippen molar-refractivity contribution in [1.29, 1.82) is 0 Å². The van der Waals surface area contributed by atoms with Crippen molar-refractivity contribution in [2.75, 3.05) is 21.3 Å². The molecule has 3 aromatic carbocycles. The molecule has 0 aromatic heterocycles. The van der Waals surface area contributed by atoms with E-state index in [1.807, 2.05) is 71.4 Å². The SMILES string of the molecule is COc1ccc([C@@H]2CC(c3ccccc3)=N/[N+]2=C2/NC(=O)S/C2=C\c2ccc(OC)c(OC)c2)cc1. The third-order valence-electron chi connectivity index (χ3n) is 6.11. The molecule has 0 spiro atoms. The quantitative estimate of drug-likeness (QED) is 0.455. The second-order valence-corrected chi connectivity index (χ2v) is 9.25. The van der Waals surface area contributed by atoms with E-state index in [0.29, 0.717) is 23.8 Å². The first-order valence-corrected chi connectivity index (χ1v) is 12.3. The maximum atomic E-state index is 12.6. The Labute approximate surface area is 214 Å². The minimum absolute atomic E-state index is 0.0890. The summed E-state index contributed by atoms with van der Waals surface area (Å²) < 4.78 is 18.1. The number of rotatable bonds is 6. The molecule has 2 aliphatic rings. The van der Waals surface area contributed by atoms with Gasteiger partial charge in [-0.05, 0) is 47.0 Å². The highest BCUT2D eigenvalue weighted by atomic mass is 32.2. The average molecular weight is 501 g/mol. The number of carbonyl (C=O) groups excluding carboxylic acids is 1. The number of benzene rings is 3. The van der Waals surface area contributed by atoms with Crippen molar-refractivity contribution in [1.82, 2.24) is 5.32 Å². The monoisotopic (exact) mass is 500 g/mol. The predicted molar refractivity (Wildman–Crippen MR) is 142 cm³/mol. The molecule has 1 fully saturated rings. The summed E-state index contributed by atoms with van der Waals surface area (Å²) in [6.45, 7) is 0. The summed E-state index contributed by atoms with van der Waals surface area (Å²) in [6, 6.07) is 23.7. The Balaban J connectivity index is 1.62. The molecule has 1 saturated heterocycles. The van der Waals surface area contributed by atoms with E-state index < -0.39 is 0 Å². The minimum atomic E-state index is -0.145. The number of hydrogen-bond donors (Lipinski definition) is 1. The molecule has 182 valence electrons. The zero-order valence-corrected chi connectivity index (χ0v) is 21.0. The lowest BCUT2D eigenvalue weighted by atomic mass is 9.99. The van der Waals surface area contributed by atoms with Crippen LogP contribution in [0.3, 0.4) is 0 Å². The van der Waals surface area contributed by atoms with E-state index in [1.165, 1.54) is 0 Å². The lowest BCUT2D eigenvalue weighted by Crippen LogP contribution is -2.29. The minimum Gasteiger partial charge on any atom is -0.497 e. The molecule has 3 aromatic rings. The van der Waals surface area contributed by atoms with Crippen LogP contribution in [0.2, 0.25) is 0 Å². The van der Waals surface area contributed by atoms with Crippen molar-refractivity contribution in [3.8, 4) is 17.2 Å². The van der Waals surface area contributed by atoms with Gasteiger partial charge in [0.05, 0.1) is 27.0 Å². The molecule has 5 rings (SSSR count). The maximum absolute atomic E-state index is 12.6. The fourth-order valence-corrected chi connectivity index (χ4v) is 5.08. The predicted octanol–water partition coefficient (Wildman–Crippen LogP) is 5.47. The number of hydrazone groups is 1. The van der Waals surface area contributed by atoms with E-state index in [1.54, 1.807) is 21.3 Å². The second kappa shape index (κ2) is 10.3. The number of amides is 1. The highest BCUT2D eigenvalue weighted by molar-refractivity contribution is 8.18. The van der Waals surface area contributed by atoms with Gasteiger partial charge in [0.25, 0.3) is 0 Å². The smallest absolute Gasteiger partial charge is 0.372 e. The highest BCUT2D eigenvalue weighted by Crippen LogP contribution is 2.36. The molecule has 1 N–H and O–H groups in total. The Morgan fingerprint density at radius 3 is 2.39 bits per heavy atom. The summed E-state index contributed by atoms with van der Waals surface area (Å²) >= 11 is 1.15. The van der Waals surface area contributed by atoms with E-state index in [9.17, 15) is 4.79 Å². The Morgan fingerprint density at radius 1 is 0.944 bits per heavy atom. The standard InChI is InChI=1S/C28H25N3O4S/c1-33-21-12-10-20(11-13-21)23-17-22(19-7-5-4-6-8-19)30-31(23)27-26(36-28(32)29-27)16-18-9-14-24(34-2)25(15-18)35-3/h4-16,23H,17H2,1-3H3/p+1/b26-16-/t23-/m0/s1. The molecule has 7 nitrogen and oxygen atoms in total. The summed E-state index contributed by atoms with van der Waals surface area (Å²) in [5.74, 6) is 2.72. The number of thioether (sulfide) groups is 1. The molecule has 0 radical (unpaired) electrons. The summed E-state index contributed by atoms with van der Waals surface area (Å²) in [4.78, 5) is 13.3. The Kier molecular flexibility index (Phi) is 6.77. The van der Waals surface area contributed by atoms with Crippen LogP contribution in [0.1, 0.15) is 29.2 Å². The molecule has 0 unspecified atom stereocenters. The lowest BCUT2D eigenvalue weighted by molar-refractivity contribution is -0.568. The van der Waals surface area contributed by atoms with Gasteiger partial charge in [0, 0.05) is 18.2 Å². The molecule has 36 heavy (non-hydrogen) atoms. The Morgan fingerprint density at radius 2 is 1.69 bits per heavy atom. The van der Waals surface area contributed by atoms with Gasteiger partial charge in [-0.3, -0.25) is 0 Å². The summed E-state index contributed by atoms with van der Waals surface area (Å²) in [5.41, 5.74) is 3.98. The van der Waals surface area contributed by atoms with Crippen molar-refractivity contribution in [3.05, 3.63) is 94.4 Å². The molecule has 0 bridgehead atoms. The normalized spacial score (nSPS) is 20.3. The zero-order valence-electron chi connectivity index (χ0n) is 20.2.